The summed E-state index contributed by atoms with van der Waals surface area (Å²) in [6.45, 7) is 7.61. The minimum atomic E-state index is 0.543. The van der Waals surface area contributed by atoms with E-state index >= 15 is 0 Å². The van der Waals surface area contributed by atoms with Gasteiger partial charge in [0.15, 0.2) is 5.11 Å². The summed E-state index contributed by atoms with van der Waals surface area (Å²) >= 11 is 5.30. The van der Waals surface area contributed by atoms with Crippen LogP contribution in [0.3, 0.4) is 0 Å². The lowest BCUT2D eigenvalue weighted by atomic mass is 10.2. The Morgan fingerprint density at radius 2 is 2.00 bits per heavy atom. The van der Waals surface area contributed by atoms with Gasteiger partial charge in [0.2, 0.25) is 0 Å². The average Bonchev–Trinajstić information content (AvgIpc) is 2.17. The van der Waals surface area contributed by atoms with Crippen LogP contribution in [0, 0.1) is 0 Å². The standard InChI is InChI=1S/C11H24N2S/c1-5-7-9-12-11(14)13(4)10(3)8-6-2/h10H,5-9H2,1-4H3,(H,12,14). The third-order valence-electron chi connectivity index (χ3n) is 2.49. The molecule has 84 valence electrons. The van der Waals surface area contributed by atoms with Gasteiger partial charge in [0, 0.05) is 19.6 Å². The molecule has 0 aliphatic rings. The second kappa shape index (κ2) is 8.04. The summed E-state index contributed by atoms with van der Waals surface area (Å²) in [5.41, 5.74) is 0. The Balaban J connectivity index is 3.74. The van der Waals surface area contributed by atoms with E-state index in [4.69, 9.17) is 12.2 Å². The van der Waals surface area contributed by atoms with Gasteiger partial charge in [0.25, 0.3) is 0 Å². The second-order valence-electron chi connectivity index (χ2n) is 3.83. The van der Waals surface area contributed by atoms with Crippen molar-refractivity contribution in [3.8, 4) is 0 Å². The Kier molecular flexibility index (Phi) is 7.86. The van der Waals surface area contributed by atoms with Crippen LogP contribution in [0.1, 0.15) is 46.5 Å². The van der Waals surface area contributed by atoms with Gasteiger partial charge in [0.1, 0.15) is 0 Å². The predicted molar refractivity (Wildman–Crippen MR) is 67.6 cm³/mol. The van der Waals surface area contributed by atoms with E-state index in [9.17, 15) is 0 Å². The predicted octanol–water partition coefficient (Wildman–Crippen LogP) is 2.78. The van der Waals surface area contributed by atoms with E-state index < -0.39 is 0 Å². The molecule has 1 unspecified atom stereocenters. The summed E-state index contributed by atoms with van der Waals surface area (Å²) in [5, 5.41) is 4.17. The topological polar surface area (TPSA) is 15.3 Å². The smallest absolute Gasteiger partial charge is 0.168 e. The van der Waals surface area contributed by atoms with Crippen LogP contribution in [0.5, 0.6) is 0 Å². The van der Waals surface area contributed by atoms with E-state index in [0.29, 0.717) is 6.04 Å². The Morgan fingerprint density at radius 3 is 2.50 bits per heavy atom. The Hall–Kier alpha value is -0.310. The maximum absolute atomic E-state index is 5.30. The fourth-order valence-corrected chi connectivity index (χ4v) is 1.59. The zero-order valence-corrected chi connectivity index (χ0v) is 10.8. The van der Waals surface area contributed by atoms with Crippen LogP contribution in [0.2, 0.25) is 0 Å². The third kappa shape index (κ3) is 5.43. The van der Waals surface area contributed by atoms with Crippen molar-refractivity contribution in [3.05, 3.63) is 0 Å². The molecule has 0 rings (SSSR count). The summed E-state index contributed by atoms with van der Waals surface area (Å²) < 4.78 is 0. The maximum Gasteiger partial charge on any atom is 0.168 e. The van der Waals surface area contributed by atoms with Crippen molar-refractivity contribution in [1.82, 2.24) is 10.2 Å². The first-order valence-electron chi connectivity index (χ1n) is 5.64. The van der Waals surface area contributed by atoms with Gasteiger partial charge in [-0.05, 0) is 32.0 Å². The molecule has 0 aromatic rings. The van der Waals surface area contributed by atoms with E-state index in [1.165, 1.54) is 25.7 Å². The third-order valence-corrected chi connectivity index (χ3v) is 2.93. The normalized spacial score (nSPS) is 12.3. The second-order valence-corrected chi connectivity index (χ2v) is 4.22. The van der Waals surface area contributed by atoms with Gasteiger partial charge in [-0.25, -0.2) is 0 Å². The first kappa shape index (κ1) is 13.7. The van der Waals surface area contributed by atoms with Gasteiger partial charge in [-0.1, -0.05) is 26.7 Å². The lowest BCUT2D eigenvalue weighted by molar-refractivity contribution is 0.361. The highest BCUT2D eigenvalue weighted by Gasteiger charge is 2.10. The number of thiocarbonyl (C=S) groups is 1. The summed E-state index contributed by atoms with van der Waals surface area (Å²) in [4.78, 5) is 2.16. The number of nitrogens with one attached hydrogen (secondary N) is 1. The Bertz CT molecular complexity index is 159. The van der Waals surface area contributed by atoms with Crippen LogP contribution < -0.4 is 5.32 Å². The van der Waals surface area contributed by atoms with E-state index in [2.05, 4.69) is 38.0 Å². The monoisotopic (exact) mass is 216 g/mol. The molecule has 0 aliphatic heterocycles. The molecule has 0 aliphatic carbocycles. The van der Waals surface area contributed by atoms with Crippen molar-refractivity contribution in [2.75, 3.05) is 13.6 Å². The molecule has 0 fully saturated rings. The molecule has 3 heteroatoms. The number of hydrogen-bond acceptors (Lipinski definition) is 1. The number of rotatable bonds is 6. The van der Waals surface area contributed by atoms with Crippen LogP contribution >= 0.6 is 12.2 Å². The van der Waals surface area contributed by atoms with E-state index in [0.717, 1.165) is 11.7 Å². The van der Waals surface area contributed by atoms with Gasteiger partial charge < -0.3 is 10.2 Å². The van der Waals surface area contributed by atoms with Crippen molar-refractivity contribution in [1.29, 1.82) is 0 Å². The van der Waals surface area contributed by atoms with Crippen molar-refractivity contribution in [3.63, 3.8) is 0 Å². The van der Waals surface area contributed by atoms with E-state index in [-0.39, 0.29) is 0 Å². The average molecular weight is 216 g/mol. The van der Waals surface area contributed by atoms with Crippen molar-refractivity contribution in [2.45, 2.75) is 52.5 Å². The summed E-state index contributed by atoms with van der Waals surface area (Å²) in [7, 11) is 2.07. The molecule has 1 N–H and O–H groups in total. The maximum atomic E-state index is 5.30. The molecule has 0 aromatic heterocycles. The van der Waals surface area contributed by atoms with Crippen LogP contribution in [0.25, 0.3) is 0 Å². The van der Waals surface area contributed by atoms with Gasteiger partial charge in [-0.2, -0.15) is 0 Å². The molecule has 0 heterocycles. The Morgan fingerprint density at radius 1 is 1.36 bits per heavy atom. The SMILES string of the molecule is CCCCNC(=S)N(C)C(C)CCC. The fourth-order valence-electron chi connectivity index (χ4n) is 1.31. The highest BCUT2D eigenvalue weighted by atomic mass is 32.1. The van der Waals surface area contributed by atoms with Crippen molar-refractivity contribution >= 4 is 17.3 Å². The van der Waals surface area contributed by atoms with E-state index in [1.54, 1.807) is 0 Å². The first-order valence-corrected chi connectivity index (χ1v) is 6.04. The summed E-state index contributed by atoms with van der Waals surface area (Å²) in [6, 6.07) is 0.543. The van der Waals surface area contributed by atoms with Gasteiger partial charge in [-0.3, -0.25) is 0 Å². The summed E-state index contributed by atoms with van der Waals surface area (Å²) in [6.07, 6.45) is 4.81. The van der Waals surface area contributed by atoms with Crippen LogP contribution in [-0.4, -0.2) is 29.6 Å². The highest BCUT2D eigenvalue weighted by molar-refractivity contribution is 7.80. The van der Waals surface area contributed by atoms with Gasteiger partial charge in [0.05, 0.1) is 0 Å². The van der Waals surface area contributed by atoms with Crippen LogP contribution in [0.4, 0.5) is 0 Å². The molecule has 0 aromatic carbocycles. The van der Waals surface area contributed by atoms with E-state index in [1.807, 2.05) is 0 Å². The fraction of sp³-hybridized carbons (Fsp3) is 0.909. The minimum absolute atomic E-state index is 0.543. The first-order chi connectivity index (χ1) is 6.63. The zero-order chi connectivity index (χ0) is 11.0. The lowest BCUT2D eigenvalue weighted by Gasteiger charge is -2.27. The van der Waals surface area contributed by atoms with Crippen molar-refractivity contribution in [2.24, 2.45) is 0 Å². The number of nitrogens with zero attached hydrogens (tertiary/aromatic N) is 1. The van der Waals surface area contributed by atoms with Crippen LogP contribution in [-0.2, 0) is 0 Å². The molecule has 0 spiro atoms. The lowest BCUT2D eigenvalue weighted by Crippen LogP contribution is -2.42. The van der Waals surface area contributed by atoms with Gasteiger partial charge in [-0.15, -0.1) is 0 Å². The highest BCUT2D eigenvalue weighted by Crippen LogP contribution is 2.04. The number of hydrogen-bond donors (Lipinski definition) is 1. The molecule has 14 heavy (non-hydrogen) atoms. The largest absolute Gasteiger partial charge is 0.363 e. The molecule has 0 saturated heterocycles. The molecule has 1 atom stereocenters. The molecule has 0 radical (unpaired) electrons. The molecular formula is C11H24N2S. The Labute approximate surface area is 94.1 Å². The number of unbranched alkanes of at least 4 members (excludes halogenated alkanes) is 1. The minimum Gasteiger partial charge on any atom is -0.363 e. The molecule has 0 saturated carbocycles. The summed E-state index contributed by atoms with van der Waals surface area (Å²) in [5.74, 6) is 0. The molecular weight excluding hydrogens is 192 g/mol. The quantitative estimate of drug-likeness (QED) is 0.543. The zero-order valence-electron chi connectivity index (χ0n) is 9.97. The molecule has 0 bridgehead atoms. The van der Waals surface area contributed by atoms with Gasteiger partial charge >= 0.3 is 0 Å². The molecule has 2 nitrogen and oxygen atoms in total. The van der Waals surface area contributed by atoms with Crippen LogP contribution in [0.15, 0.2) is 0 Å². The molecule has 0 amide bonds. The van der Waals surface area contributed by atoms with Crippen molar-refractivity contribution < 1.29 is 0 Å².